The highest BCUT2D eigenvalue weighted by atomic mass is 19.1. The SMILES string of the molecule is O=C(O)c1cccc(CNCc2c(F)cccc2N2CCCC2)c1. The third-order valence-corrected chi connectivity index (χ3v) is 4.35. The molecule has 1 saturated heterocycles. The maximum Gasteiger partial charge on any atom is 0.335 e. The first-order valence-corrected chi connectivity index (χ1v) is 8.20. The van der Waals surface area contributed by atoms with E-state index in [4.69, 9.17) is 5.11 Å². The molecule has 2 N–H and O–H groups in total. The zero-order valence-electron chi connectivity index (χ0n) is 13.5. The smallest absolute Gasteiger partial charge is 0.335 e. The predicted molar refractivity (Wildman–Crippen MR) is 91.8 cm³/mol. The van der Waals surface area contributed by atoms with E-state index in [9.17, 15) is 9.18 Å². The Bertz CT molecular complexity index is 727. The van der Waals surface area contributed by atoms with E-state index in [0.717, 1.165) is 37.2 Å². The van der Waals surface area contributed by atoms with Crippen LogP contribution in [0.2, 0.25) is 0 Å². The Morgan fingerprint density at radius 2 is 1.88 bits per heavy atom. The van der Waals surface area contributed by atoms with Crippen LogP contribution >= 0.6 is 0 Å². The van der Waals surface area contributed by atoms with Gasteiger partial charge < -0.3 is 15.3 Å². The van der Waals surface area contributed by atoms with Crippen LogP contribution in [0.25, 0.3) is 0 Å². The molecule has 3 rings (SSSR count). The van der Waals surface area contributed by atoms with E-state index < -0.39 is 5.97 Å². The first-order valence-electron chi connectivity index (χ1n) is 8.20. The lowest BCUT2D eigenvalue weighted by Crippen LogP contribution is -2.22. The van der Waals surface area contributed by atoms with E-state index in [1.54, 1.807) is 24.3 Å². The van der Waals surface area contributed by atoms with E-state index in [-0.39, 0.29) is 11.4 Å². The van der Waals surface area contributed by atoms with E-state index in [2.05, 4.69) is 10.2 Å². The molecule has 126 valence electrons. The number of hydrogen-bond donors (Lipinski definition) is 2. The van der Waals surface area contributed by atoms with Gasteiger partial charge >= 0.3 is 5.97 Å². The molecule has 4 nitrogen and oxygen atoms in total. The molecular formula is C19H21FN2O2. The van der Waals surface area contributed by atoms with Gasteiger partial charge in [-0.2, -0.15) is 0 Å². The van der Waals surface area contributed by atoms with Gasteiger partial charge in [-0.3, -0.25) is 0 Å². The van der Waals surface area contributed by atoms with Gasteiger partial charge in [-0.05, 0) is 42.7 Å². The normalized spacial score (nSPS) is 14.1. The van der Waals surface area contributed by atoms with Crippen molar-refractivity contribution in [3.8, 4) is 0 Å². The molecule has 0 aromatic heterocycles. The molecule has 0 spiro atoms. The lowest BCUT2D eigenvalue weighted by atomic mass is 10.1. The van der Waals surface area contributed by atoms with Crippen LogP contribution in [0, 0.1) is 5.82 Å². The maximum atomic E-state index is 14.3. The van der Waals surface area contributed by atoms with Gasteiger partial charge in [0, 0.05) is 37.4 Å². The van der Waals surface area contributed by atoms with Crippen molar-refractivity contribution in [1.82, 2.24) is 5.32 Å². The summed E-state index contributed by atoms with van der Waals surface area (Å²) in [5, 5.41) is 12.3. The van der Waals surface area contributed by atoms with Crippen molar-refractivity contribution in [3.05, 3.63) is 65.0 Å². The topological polar surface area (TPSA) is 52.6 Å². The second-order valence-corrected chi connectivity index (χ2v) is 6.04. The number of rotatable bonds is 6. The Morgan fingerprint density at radius 3 is 2.62 bits per heavy atom. The van der Waals surface area contributed by atoms with Gasteiger partial charge in [0.05, 0.1) is 5.56 Å². The number of carboxylic acid groups (broad SMARTS) is 1. The zero-order chi connectivity index (χ0) is 16.9. The minimum Gasteiger partial charge on any atom is -0.478 e. The fraction of sp³-hybridized carbons (Fsp3) is 0.316. The van der Waals surface area contributed by atoms with Gasteiger partial charge in [-0.15, -0.1) is 0 Å². The third kappa shape index (κ3) is 3.74. The summed E-state index contributed by atoms with van der Waals surface area (Å²) in [5.41, 5.74) is 2.76. The first-order chi connectivity index (χ1) is 11.6. The molecule has 2 aromatic carbocycles. The average Bonchev–Trinajstić information content (AvgIpc) is 3.11. The standard InChI is InChI=1S/C19H21FN2O2/c20-17-7-4-8-18(22-9-1-2-10-22)16(17)13-21-12-14-5-3-6-15(11-14)19(23)24/h3-8,11,21H,1-2,9-10,12-13H2,(H,23,24). The van der Waals surface area contributed by atoms with Crippen LogP contribution in [0.15, 0.2) is 42.5 Å². The number of anilines is 1. The molecule has 0 saturated carbocycles. The molecule has 1 aliphatic heterocycles. The number of carbonyl (C=O) groups is 1. The molecule has 5 heteroatoms. The Kier molecular flexibility index (Phi) is 5.11. The summed E-state index contributed by atoms with van der Waals surface area (Å²) >= 11 is 0. The second-order valence-electron chi connectivity index (χ2n) is 6.04. The summed E-state index contributed by atoms with van der Waals surface area (Å²) < 4.78 is 14.3. The van der Waals surface area contributed by atoms with Crippen LogP contribution in [0.5, 0.6) is 0 Å². The quantitative estimate of drug-likeness (QED) is 0.853. The number of benzene rings is 2. The summed E-state index contributed by atoms with van der Waals surface area (Å²) in [6.07, 6.45) is 2.29. The Hall–Kier alpha value is -2.40. The number of nitrogens with one attached hydrogen (secondary N) is 1. The van der Waals surface area contributed by atoms with Crippen LogP contribution in [-0.2, 0) is 13.1 Å². The lowest BCUT2D eigenvalue weighted by molar-refractivity contribution is 0.0696. The van der Waals surface area contributed by atoms with Crippen LogP contribution < -0.4 is 10.2 Å². The summed E-state index contributed by atoms with van der Waals surface area (Å²) in [5.74, 6) is -1.14. The van der Waals surface area contributed by atoms with Gasteiger partial charge in [-0.1, -0.05) is 18.2 Å². The Morgan fingerprint density at radius 1 is 1.12 bits per heavy atom. The highest BCUT2D eigenvalue weighted by Crippen LogP contribution is 2.26. The largest absolute Gasteiger partial charge is 0.478 e. The molecular weight excluding hydrogens is 307 g/mol. The number of hydrogen-bond acceptors (Lipinski definition) is 3. The van der Waals surface area contributed by atoms with Crippen molar-refractivity contribution in [2.45, 2.75) is 25.9 Å². The third-order valence-electron chi connectivity index (χ3n) is 4.35. The van der Waals surface area contributed by atoms with Gasteiger partial charge in [0.1, 0.15) is 5.82 Å². The van der Waals surface area contributed by atoms with Crippen molar-refractivity contribution >= 4 is 11.7 Å². The molecule has 0 unspecified atom stereocenters. The van der Waals surface area contributed by atoms with Crippen LogP contribution in [0.4, 0.5) is 10.1 Å². The summed E-state index contributed by atoms with van der Waals surface area (Å²) in [7, 11) is 0. The highest BCUT2D eigenvalue weighted by Gasteiger charge is 2.17. The van der Waals surface area contributed by atoms with E-state index >= 15 is 0 Å². The van der Waals surface area contributed by atoms with Gasteiger partial charge in [0.15, 0.2) is 0 Å². The van der Waals surface area contributed by atoms with E-state index in [1.807, 2.05) is 12.1 Å². The number of nitrogens with zero attached hydrogens (tertiary/aromatic N) is 1. The van der Waals surface area contributed by atoms with E-state index in [1.165, 1.54) is 6.07 Å². The number of halogens is 1. The van der Waals surface area contributed by atoms with Crippen LogP contribution in [0.1, 0.15) is 34.3 Å². The lowest BCUT2D eigenvalue weighted by Gasteiger charge is -2.22. The Balaban J connectivity index is 1.68. The fourth-order valence-electron chi connectivity index (χ4n) is 3.12. The number of aromatic carboxylic acids is 1. The van der Waals surface area contributed by atoms with Crippen molar-refractivity contribution in [2.75, 3.05) is 18.0 Å². The molecule has 1 aliphatic rings. The van der Waals surface area contributed by atoms with Gasteiger partial charge in [0.2, 0.25) is 0 Å². The Labute approximate surface area is 140 Å². The summed E-state index contributed by atoms with van der Waals surface area (Å²) in [6, 6.07) is 12.0. The molecule has 0 aliphatic carbocycles. The summed E-state index contributed by atoms with van der Waals surface area (Å²) in [6.45, 7) is 2.85. The molecule has 1 heterocycles. The first kappa shape index (κ1) is 16.5. The van der Waals surface area contributed by atoms with Crippen molar-refractivity contribution in [2.24, 2.45) is 0 Å². The van der Waals surface area contributed by atoms with Gasteiger partial charge in [-0.25, -0.2) is 9.18 Å². The second kappa shape index (κ2) is 7.45. The molecule has 1 fully saturated rings. The van der Waals surface area contributed by atoms with E-state index in [0.29, 0.717) is 18.7 Å². The molecule has 24 heavy (non-hydrogen) atoms. The average molecular weight is 328 g/mol. The van der Waals surface area contributed by atoms with Crippen LogP contribution in [0.3, 0.4) is 0 Å². The predicted octanol–water partition coefficient (Wildman–Crippen LogP) is 3.41. The van der Waals surface area contributed by atoms with Gasteiger partial charge in [0.25, 0.3) is 0 Å². The van der Waals surface area contributed by atoms with Crippen molar-refractivity contribution < 1.29 is 14.3 Å². The van der Waals surface area contributed by atoms with Crippen molar-refractivity contribution in [3.63, 3.8) is 0 Å². The fourth-order valence-corrected chi connectivity index (χ4v) is 3.12. The molecule has 2 aromatic rings. The zero-order valence-corrected chi connectivity index (χ0v) is 13.5. The van der Waals surface area contributed by atoms with Crippen LogP contribution in [-0.4, -0.2) is 24.2 Å². The molecule has 0 amide bonds. The molecule has 0 atom stereocenters. The minimum absolute atomic E-state index is 0.203. The van der Waals surface area contributed by atoms with Crippen molar-refractivity contribution in [1.29, 1.82) is 0 Å². The highest BCUT2D eigenvalue weighted by molar-refractivity contribution is 5.87. The number of carboxylic acids is 1. The monoisotopic (exact) mass is 328 g/mol. The molecule has 0 bridgehead atoms. The molecule has 0 radical (unpaired) electrons. The summed E-state index contributed by atoms with van der Waals surface area (Å²) in [4.78, 5) is 13.2. The maximum absolute atomic E-state index is 14.3. The minimum atomic E-state index is -0.942.